The number of nitrogens with one attached hydrogen (secondary N) is 2. The minimum absolute atomic E-state index is 0.0591. The zero-order chi connectivity index (χ0) is 22.3. The molecule has 1 aliphatic rings. The fourth-order valence-corrected chi connectivity index (χ4v) is 4.41. The van der Waals surface area contributed by atoms with Gasteiger partial charge in [-0.05, 0) is 56.0 Å². The van der Waals surface area contributed by atoms with Gasteiger partial charge in [0.25, 0.3) is 5.91 Å². The second-order valence-corrected chi connectivity index (χ2v) is 9.59. The highest BCUT2D eigenvalue weighted by atomic mass is 32.2. The molecule has 8 heteroatoms. The number of carbonyl (C=O) groups is 1. The van der Waals surface area contributed by atoms with Crippen LogP contribution in [0.2, 0.25) is 0 Å². The van der Waals surface area contributed by atoms with Crippen LogP contribution in [0.25, 0.3) is 0 Å². The summed E-state index contributed by atoms with van der Waals surface area (Å²) in [7, 11) is -3.72. The van der Waals surface area contributed by atoms with Crippen molar-refractivity contribution in [2.75, 3.05) is 13.2 Å². The third kappa shape index (κ3) is 6.87. The molecule has 0 aromatic heterocycles. The van der Waals surface area contributed by atoms with E-state index in [9.17, 15) is 13.2 Å². The lowest BCUT2D eigenvalue weighted by Crippen LogP contribution is -2.32. The Bertz CT molecular complexity index is 985. The van der Waals surface area contributed by atoms with Crippen molar-refractivity contribution >= 4 is 15.9 Å². The summed E-state index contributed by atoms with van der Waals surface area (Å²) in [6.07, 6.45) is 1.80. The minimum atomic E-state index is -3.72. The van der Waals surface area contributed by atoms with Gasteiger partial charge in [0.05, 0.1) is 23.7 Å². The Hall–Kier alpha value is -2.26. The van der Waals surface area contributed by atoms with E-state index in [0.29, 0.717) is 19.8 Å². The zero-order valence-electron chi connectivity index (χ0n) is 18.0. The maximum Gasteiger partial charge on any atom is 0.251 e. The molecule has 0 saturated carbocycles. The molecule has 2 aromatic rings. The maximum atomic E-state index is 12.7. The summed E-state index contributed by atoms with van der Waals surface area (Å²) in [5.74, 6) is -0.337. The molecule has 1 aliphatic heterocycles. The highest BCUT2D eigenvalue weighted by Crippen LogP contribution is 2.15. The number of hydrogen-bond donors (Lipinski definition) is 2. The molecule has 2 N–H and O–H groups in total. The fraction of sp³-hybridized carbons (Fsp3) is 0.435. The van der Waals surface area contributed by atoms with Crippen LogP contribution in [0, 0.1) is 0 Å². The summed E-state index contributed by atoms with van der Waals surface area (Å²) in [6, 6.07) is 13.8. The molecule has 31 heavy (non-hydrogen) atoms. The molecule has 1 fully saturated rings. The van der Waals surface area contributed by atoms with Crippen LogP contribution >= 0.6 is 0 Å². The molecule has 3 rings (SSSR count). The van der Waals surface area contributed by atoms with Crippen molar-refractivity contribution in [3.05, 3.63) is 65.2 Å². The van der Waals surface area contributed by atoms with E-state index in [4.69, 9.17) is 9.47 Å². The van der Waals surface area contributed by atoms with Gasteiger partial charge in [-0.25, -0.2) is 13.1 Å². The van der Waals surface area contributed by atoms with Crippen LogP contribution in [-0.4, -0.2) is 39.7 Å². The van der Waals surface area contributed by atoms with Gasteiger partial charge in [-0.15, -0.1) is 0 Å². The summed E-state index contributed by atoms with van der Waals surface area (Å²) in [4.78, 5) is 12.7. The maximum absolute atomic E-state index is 12.7. The van der Waals surface area contributed by atoms with Gasteiger partial charge in [0.1, 0.15) is 0 Å². The molecule has 1 unspecified atom stereocenters. The molecule has 0 aliphatic carbocycles. The summed E-state index contributed by atoms with van der Waals surface area (Å²) >= 11 is 0. The first-order valence-corrected chi connectivity index (χ1v) is 12.0. The van der Waals surface area contributed by atoms with Gasteiger partial charge >= 0.3 is 0 Å². The Morgan fingerprint density at radius 2 is 1.94 bits per heavy atom. The first-order valence-electron chi connectivity index (χ1n) is 10.5. The number of carbonyl (C=O) groups excluding carboxylic acids is 1. The molecule has 1 amide bonds. The van der Waals surface area contributed by atoms with Crippen molar-refractivity contribution in [3.8, 4) is 0 Å². The van der Waals surface area contributed by atoms with Crippen molar-refractivity contribution in [1.29, 1.82) is 0 Å². The van der Waals surface area contributed by atoms with Gasteiger partial charge < -0.3 is 14.8 Å². The smallest absolute Gasteiger partial charge is 0.251 e. The lowest BCUT2D eigenvalue weighted by molar-refractivity contribution is 0.0651. The van der Waals surface area contributed by atoms with Crippen molar-refractivity contribution in [2.24, 2.45) is 0 Å². The third-order valence-electron chi connectivity index (χ3n) is 5.06. The lowest BCUT2D eigenvalue weighted by Gasteiger charge is -2.14. The van der Waals surface area contributed by atoms with Crippen LogP contribution in [0.4, 0.5) is 0 Å². The predicted octanol–water partition coefficient (Wildman–Crippen LogP) is 3.00. The average Bonchev–Trinajstić information content (AvgIpc) is 3.29. The number of benzene rings is 2. The standard InChI is InChI=1S/C23H30N2O5S/c1-17(2)30-16-20-8-4-3-7-19(20)14-24-23(26)18-9-5-11-22(13-18)31(27,28)25-15-21-10-6-12-29-21/h3-5,7-9,11,13,17,21,25H,6,10,12,14-16H2,1-2H3,(H,24,26). The second-order valence-electron chi connectivity index (χ2n) is 7.83. The summed E-state index contributed by atoms with van der Waals surface area (Å²) in [5.41, 5.74) is 2.25. The molecule has 0 spiro atoms. The van der Waals surface area contributed by atoms with Crippen LogP contribution in [0.5, 0.6) is 0 Å². The molecule has 1 atom stereocenters. The fourth-order valence-electron chi connectivity index (χ4n) is 3.30. The normalized spacial score (nSPS) is 16.5. The Balaban J connectivity index is 1.62. The average molecular weight is 447 g/mol. The van der Waals surface area contributed by atoms with E-state index in [2.05, 4.69) is 10.0 Å². The van der Waals surface area contributed by atoms with Crippen molar-refractivity contribution in [1.82, 2.24) is 10.0 Å². The SMILES string of the molecule is CC(C)OCc1ccccc1CNC(=O)c1cccc(S(=O)(=O)NCC2CCCO2)c1. The topological polar surface area (TPSA) is 93.7 Å². The molecule has 0 radical (unpaired) electrons. The monoisotopic (exact) mass is 446 g/mol. The molecular formula is C23H30N2O5S. The predicted molar refractivity (Wildman–Crippen MR) is 118 cm³/mol. The first kappa shape index (κ1) is 23.4. The van der Waals surface area contributed by atoms with Gasteiger partial charge in [0, 0.05) is 25.3 Å². The molecule has 2 aromatic carbocycles. The van der Waals surface area contributed by atoms with E-state index in [0.717, 1.165) is 24.0 Å². The van der Waals surface area contributed by atoms with Crippen molar-refractivity contribution in [3.63, 3.8) is 0 Å². The van der Waals surface area contributed by atoms with E-state index in [1.165, 1.54) is 12.1 Å². The largest absolute Gasteiger partial charge is 0.377 e. The van der Waals surface area contributed by atoms with Crippen LogP contribution in [-0.2, 0) is 32.6 Å². The Kier molecular flexibility index (Phi) is 8.20. The molecule has 1 saturated heterocycles. The number of amides is 1. The number of hydrogen-bond acceptors (Lipinski definition) is 5. The van der Waals surface area contributed by atoms with Gasteiger partial charge in [-0.2, -0.15) is 0 Å². The molecule has 0 bridgehead atoms. The van der Waals surface area contributed by atoms with E-state index in [1.54, 1.807) is 12.1 Å². The highest BCUT2D eigenvalue weighted by molar-refractivity contribution is 7.89. The van der Waals surface area contributed by atoms with Crippen molar-refractivity contribution < 1.29 is 22.7 Å². The molecule has 1 heterocycles. The third-order valence-corrected chi connectivity index (χ3v) is 6.48. The first-order chi connectivity index (χ1) is 14.8. The molecular weight excluding hydrogens is 416 g/mol. The van der Waals surface area contributed by atoms with E-state index in [1.807, 2.05) is 38.1 Å². The Morgan fingerprint density at radius 3 is 2.65 bits per heavy atom. The van der Waals surface area contributed by atoms with Crippen molar-refractivity contribution in [2.45, 2.75) is 56.9 Å². The number of ether oxygens (including phenoxy) is 2. The molecule has 168 valence electrons. The highest BCUT2D eigenvalue weighted by Gasteiger charge is 2.21. The number of sulfonamides is 1. The zero-order valence-corrected chi connectivity index (χ0v) is 18.8. The quantitative estimate of drug-likeness (QED) is 0.585. The van der Waals surface area contributed by atoms with E-state index in [-0.39, 0.29) is 35.1 Å². The Labute approximate surface area is 184 Å². The van der Waals surface area contributed by atoms with Crippen LogP contribution in [0.15, 0.2) is 53.4 Å². The van der Waals surface area contributed by atoms with Crippen LogP contribution < -0.4 is 10.0 Å². The summed E-state index contributed by atoms with van der Waals surface area (Å²) in [6.45, 7) is 5.63. The minimum Gasteiger partial charge on any atom is -0.377 e. The van der Waals surface area contributed by atoms with Gasteiger partial charge in [0.2, 0.25) is 10.0 Å². The number of rotatable bonds is 10. The van der Waals surface area contributed by atoms with Crippen LogP contribution in [0.1, 0.15) is 48.2 Å². The lowest BCUT2D eigenvalue weighted by atomic mass is 10.1. The Morgan fingerprint density at radius 1 is 1.16 bits per heavy atom. The van der Waals surface area contributed by atoms with Crippen LogP contribution in [0.3, 0.4) is 0 Å². The van der Waals surface area contributed by atoms with Gasteiger partial charge in [0.15, 0.2) is 0 Å². The molecule has 7 nitrogen and oxygen atoms in total. The van der Waals surface area contributed by atoms with E-state index >= 15 is 0 Å². The van der Waals surface area contributed by atoms with E-state index < -0.39 is 10.0 Å². The summed E-state index contributed by atoms with van der Waals surface area (Å²) < 4.78 is 38.9. The van der Waals surface area contributed by atoms with Gasteiger partial charge in [-0.3, -0.25) is 4.79 Å². The van der Waals surface area contributed by atoms with Gasteiger partial charge in [-0.1, -0.05) is 30.3 Å². The second kappa shape index (κ2) is 10.9. The summed E-state index contributed by atoms with van der Waals surface area (Å²) in [5, 5.41) is 2.87.